The lowest BCUT2D eigenvalue weighted by Crippen LogP contribution is -2.24. The van der Waals surface area contributed by atoms with Crippen LogP contribution >= 0.6 is 34.8 Å². The molecule has 0 aliphatic heterocycles. The molecular formula is C22H16Cl3NO3. The molecule has 0 spiro atoms. The van der Waals surface area contributed by atoms with E-state index < -0.39 is 5.97 Å². The number of halogens is 3. The molecule has 3 aromatic rings. The molecule has 29 heavy (non-hydrogen) atoms. The van der Waals surface area contributed by atoms with E-state index in [1.54, 1.807) is 30.3 Å². The third-order valence-corrected chi connectivity index (χ3v) is 5.15. The summed E-state index contributed by atoms with van der Waals surface area (Å²) in [5.74, 6) is -0.983. The van der Waals surface area contributed by atoms with Gasteiger partial charge in [-0.2, -0.15) is 0 Å². The summed E-state index contributed by atoms with van der Waals surface area (Å²) in [6.45, 7) is 0.334. The Bertz CT molecular complexity index is 1140. The minimum Gasteiger partial charge on any atom is -0.478 e. The van der Waals surface area contributed by atoms with Crippen LogP contribution in [0, 0.1) is 0 Å². The quantitative estimate of drug-likeness (QED) is 0.509. The number of rotatable bonds is 6. The Morgan fingerprint density at radius 1 is 0.966 bits per heavy atom. The first-order valence-corrected chi connectivity index (χ1v) is 9.83. The molecule has 1 heterocycles. The number of nitrogens with zero attached hydrogens (tertiary/aromatic N) is 1. The van der Waals surface area contributed by atoms with Gasteiger partial charge in [-0.1, -0.05) is 65.1 Å². The fraction of sp³-hybridized carbons (Fsp3) is 0.0909. The normalized spacial score (nSPS) is 11.1. The van der Waals surface area contributed by atoms with Crippen LogP contribution in [-0.4, -0.2) is 15.6 Å². The first kappa shape index (κ1) is 21.2. The van der Waals surface area contributed by atoms with Crippen LogP contribution in [0.15, 0.2) is 59.4 Å². The summed E-state index contributed by atoms with van der Waals surface area (Å²) >= 11 is 18.4. The Morgan fingerprint density at radius 2 is 1.69 bits per heavy atom. The van der Waals surface area contributed by atoms with Crippen molar-refractivity contribution in [1.29, 1.82) is 0 Å². The molecule has 0 unspecified atom stereocenters. The highest BCUT2D eigenvalue weighted by Gasteiger charge is 2.11. The molecule has 0 bridgehead atoms. The fourth-order valence-electron chi connectivity index (χ4n) is 2.85. The van der Waals surface area contributed by atoms with Gasteiger partial charge in [0.05, 0.1) is 16.3 Å². The zero-order chi connectivity index (χ0) is 21.0. The molecule has 0 aliphatic rings. The Kier molecular flexibility index (Phi) is 6.80. The summed E-state index contributed by atoms with van der Waals surface area (Å²) in [4.78, 5) is 23.6. The van der Waals surface area contributed by atoms with Gasteiger partial charge in [-0.3, -0.25) is 4.79 Å². The molecular weight excluding hydrogens is 433 g/mol. The standard InChI is InChI=1S/C22H16Cl3NO3/c23-17-3-1-2-15(12-17)6-9-20-18(24)13-19(25)21(27)26(20)11-10-14-4-7-16(8-5-14)22(28)29/h1-9,12-13H,10-11H2,(H,28,29). The Balaban J connectivity index is 1.90. The smallest absolute Gasteiger partial charge is 0.335 e. The third-order valence-electron chi connectivity index (χ3n) is 4.35. The lowest BCUT2D eigenvalue weighted by molar-refractivity contribution is 0.0697. The van der Waals surface area contributed by atoms with Gasteiger partial charge in [-0.05, 0) is 54.0 Å². The molecule has 0 aliphatic carbocycles. The Labute approximate surface area is 182 Å². The predicted octanol–water partition coefficient (Wildman–Crippen LogP) is 5.92. The SMILES string of the molecule is O=C(O)c1ccc(CCn2c(C=Cc3cccc(Cl)c3)c(Cl)cc(Cl)c2=O)cc1. The molecule has 0 fully saturated rings. The lowest BCUT2D eigenvalue weighted by Gasteiger charge is -2.13. The number of benzene rings is 2. The van der Waals surface area contributed by atoms with Crippen LogP contribution in [0.4, 0.5) is 0 Å². The molecule has 2 aromatic carbocycles. The van der Waals surface area contributed by atoms with Gasteiger partial charge < -0.3 is 9.67 Å². The minimum atomic E-state index is -0.983. The van der Waals surface area contributed by atoms with Gasteiger partial charge in [0.25, 0.3) is 5.56 Å². The van der Waals surface area contributed by atoms with Crippen LogP contribution in [0.3, 0.4) is 0 Å². The molecule has 0 saturated carbocycles. The van der Waals surface area contributed by atoms with E-state index in [9.17, 15) is 9.59 Å². The number of hydrogen-bond acceptors (Lipinski definition) is 2. The van der Waals surface area contributed by atoms with E-state index in [4.69, 9.17) is 39.9 Å². The second-order valence-electron chi connectivity index (χ2n) is 6.32. The van der Waals surface area contributed by atoms with Crippen molar-refractivity contribution >= 4 is 52.9 Å². The van der Waals surface area contributed by atoms with E-state index in [0.29, 0.717) is 28.7 Å². The van der Waals surface area contributed by atoms with E-state index >= 15 is 0 Å². The average Bonchev–Trinajstić information content (AvgIpc) is 2.69. The van der Waals surface area contributed by atoms with Crippen molar-refractivity contribution in [1.82, 2.24) is 4.57 Å². The fourth-order valence-corrected chi connectivity index (χ4v) is 3.59. The van der Waals surface area contributed by atoms with Crippen molar-refractivity contribution < 1.29 is 9.90 Å². The molecule has 148 valence electrons. The van der Waals surface area contributed by atoms with Gasteiger partial charge in [0, 0.05) is 11.6 Å². The van der Waals surface area contributed by atoms with Gasteiger partial charge in [-0.25, -0.2) is 4.79 Å². The first-order valence-electron chi connectivity index (χ1n) is 8.70. The van der Waals surface area contributed by atoms with E-state index in [1.807, 2.05) is 18.2 Å². The van der Waals surface area contributed by atoms with Crippen LogP contribution in [0.5, 0.6) is 0 Å². The van der Waals surface area contributed by atoms with Crippen LogP contribution in [0.1, 0.15) is 27.2 Å². The molecule has 0 amide bonds. The van der Waals surface area contributed by atoms with Crippen molar-refractivity contribution in [2.45, 2.75) is 13.0 Å². The second kappa shape index (κ2) is 9.31. The number of aryl methyl sites for hydroxylation is 1. The molecule has 4 nitrogen and oxygen atoms in total. The van der Waals surface area contributed by atoms with Gasteiger partial charge >= 0.3 is 5.97 Å². The van der Waals surface area contributed by atoms with Crippen molar-refractivity contribution in [3.8, 4) is 0 Å². The topological polar surface area (TPSA) is 59.3 Å². The van der Waals surface area contributed by atoms with Crippen LogP contribution < -0.4 is 5.56 Å². The number of carboxylic acids is 1. The molecule has 1 N–H and O–H groups in total. The number of aromatic carboxylic acids is 1. The van der Waals surface area contributed by atoms with Gasteiger partial charge in [0.1, 0.15) is 5.02 Å². The summed E-state index contributed by atoms with van der Waals surface area (Å²) in [6, 6.07) is 15.2. The van der Waals surface area contributed by atoms with Crippen molar-refractivity contribution in [3.05, 3.63) is 102 Å². The Morgan fingerprint density at radius 3 is 2.34 bits per heavy atom. The van der Waals surface area contributed by atoms with E-state index in [2.05, 4.69) is 0 Å². The summed E-state index contributed by atoms with van der Waals surface area (Å²) in [7, 11) is 0. The molecule has 1 aromatic heterocycles. The van der Waals surface area contributed by atoms with Crippen LogP contribution in [0.2, 0.25) is 15.1 Å². The summed E-state index contributed by atoms with van der Waals surface area (Å²) < 4.78 is 1.51. The number of pyridine rings is 1. The minimum absolute atomic E-state index is 0.0381. The molecule has 3 rings (SSSR count). The van der Waals surface area contributed by atoms with Crippen molar-refractivity contribution in [2.24, 2.45) is 0 Å². The van der Waals surface area contributed by atoms with Crippen molar-refractivity contribution in [3.63, 3.8) is 0 Å². The molecule has 0 radical (unpaired) electrons. The van der Waals surface area contributed by atoms with Gasteiger partial charge in [-0.15, -0.1) is 0 Å². The Hall–Kier alpha value is -2.53. The molecule has 7 heteroatoms. The predicted molar refractivity (Wildman–Crippen MR) is 118 cm³/mol. The highest BCUT2D eigenvalue weighted by atomic mass is 35.5. The highest BCUT2D eigenvalue weighted by molar-refractivity contribution is 6.35. The monoisotopic (exact) mass is 447 g/mol. The lowest BCUT2D eigenvalue weighted by atomic mass is 10.1. The maximum atomic E-state index is 12.6. The number of aromatic nitrogens is 1. The average molecular weight is 449 g/mol. The zero-order valence-corrected chi connectivity index (χ0v) is 17.4. The molecule has 0 saturated heterocycles. The third kappa shape index (κ3) is 5.30. The zero-order valence-electron chi connectivity index (χ0n) is 15.1. The van der Waals surface area contributed by atoms with Crippen molar-refractivity contribution in [2.75, 3.05) is 0 Å². The van der Waals surface area contributed by atoms with Gasteiger partial charge in [0.15, 0.2) is 0 Å². The maximum Gasteiger partial charge on any atom is 0.335 e. The highest BCUT2D eigenvalue weighted by Crippen LogP contribution is 2.22. The van der Waals surface area contributed by atoms with Crippen LogP contribution in [0.25, 0.3) is 12.2 Å². The van der Waals surface area contributed by atoms with Crippen LogP contribution in [-0.2, 0) is 13.0 Å². The summed E-state index contributed by atoms with van der Waals surface area (Å²) in [5.41, 5.74) is 2.16. The first-order chi connectivity index (χ1) is 13.8. The van der Waals surface area contributed by atoms with E-state index in [-0.39, 0.29) is 16.1 Å². The number of carboxylic acid groups (broad SMARTS) is 1. The summed E-state index contributed by atoms with van der Waals surface area (Å²) in [5, 5.41) is 10.00. The molecule has 0 atom stereocenters. The van der Waals surface area contributed by atoms with E-state index in [1.165, 1.54) is 22.8 Å². The summed E-state index contributed by atoms with van der Waals surface area (Å²) in [6.07, 6.45) is 4.08. The van der Waals surface area contributed by atoms with E-state index in [0.717, 1.165) is 11.1 Å². The van der Waals surface area contributed by atoms with Gasteiger partial charge in [0.2, 0.25) is 0 Å². The largest absolute Gasteiger partial charge is 0.478 e. The number of hydrogen-bond donors (Lipinski definition) is 1. The second-order valence-corrected chi connectivity index (χ2v) is 7.57. The number of carbonyl (C=O) groups is 1. The maximum absolute atomic E-state index is 12.6.